The van der Waals surface area contributed by atoms with Crippen molar-refractivity contribution in [3.8, 4) is 0 Å². The molecule has 2 heterocycles. The second-order valence-electron chi connectivity index (χ2n) is 12.5. The fourth-order valence-electron chi connectivity index (χ4n) is 5.01. The number of imidazole rings is 1. The van der Waals surface area contributed by atoms with Crippen molar-refractivity contribution in [3.63, 3.8) is 0 Å². The molecule has 2 aromatic rings. The highest BCUT2D eigenvalue weighted by atomic mass is 31.2. The molecule has 1 unspecified atom stereocenters. The minimum atomic E-state index is -3.78. The number of ether oxygens (including phenoxy) is 1. The van der Waals surface area contributed by atoms with Crippen LogP contribution in [0.15, 0.2) is 12.7 Å². The van der Waals surface area contributed by atoms with Crippen molar-refractivity contribution in [1.82, 2.24) is 19.5 Å². The highest BCUT2D eigenvalue weighted by molar-refractivity contribution is 7.52. The minimum Gasteiger partial charge on any atom is -0.382 e. The molecule has 0 radical (unpaired) electrons. The first-order valence-corrected chi connectivity index (χ1v) is 21.3. The Balaban J connectivity index is 1.37. The van der Waals surface area contributed by atoms with E-state index in [1.165, 1.54) is 95.5 Å². The van der Waals surface area contributed by atoms with Crippen LogP contribution in [0.4, 0.5) is 5.82 Å². The molecule has 0 amide bonds. The first-order valence-electron chi connectivity index (χ1n) is 16.1. The Morgan fingerprint density at radius 2 is 1.44 bits per heavy atom. The van der Waals surface area contributed by atoms with Gasteiger partial charge in [0.15, 0.2) is 11.5 Å². The Kier molecular flexibility index (Phi) is 17.3. The van der Waals surface area contributed by atoms with Gasteiger partial charge >= 0.3 is 7.60 Å². The predicted molar refractivity (Wildman–Crippen MR) is 173 cm³/mol. The van der Waals surface area contributed by atoms with Crippen LogP contribution in [-0.4, -0.2) is 51.5 Å². The summed E-state index contributed by atoms with van der Waals surface area (Å²) < 4.78 is 25.0. The molecule has 2 rings (SSSR count). The lowest BCUT2D eigenvalue weighted by Crippen LogP contribution is -2.22. The standard InChI is InChI=1S/C30H58N5O4PSi/c1-5-41(3,4)22-20-18-16-14-12-10-8-6-7-9-11-13-15-17-19-21-39-40(36,37)26-38-27(2)23-35-25-34-28-29(31)32-24-33-30(28)35/h24-25,27H,5-23,26H2,1-4H3,(H,36,37)(H2,31,32,33)/t27-/m1/s1. The normalized spacial score (nSPS) is 14.5. The lowest BCUT2D eigenvalue weighted by atomic mass is 10.0. The summed E-state index contributed by atoms with van der Waals surface area (Å²) in [7, 11) is -4.63. The Bertz CT molecular complexity index is 1020. The molecule has 0 aromatic carbocycles. The zero-order valence-corrected chi connectivity index (χ0v) is 28.3. The number of unbranched alkanes of at least 4 members (excludes halogenated alkanes) is 14. The van der Waals surface area contributed by atoms with Crippen LogP contribution in [0.1, 0.15) is 110 Å². The second kappa shape index (κ2) is 19.8. The lowest BCUT2D eigenvalue weighted by molar-refractivity contribution is 0.0715. The Morgan fingerprint density at radius 1 is 0.902 bits per heavy atom. The number of aromatic nitrogens is 4. The van der Waals surface area contributed by atoms with Gasteiger partial charge in [0.2, 0.25) is 0 Å². The summed E-state index contributed by atoms with van der Waals surface area (Å²) >= 11 is 0. The predicted octanol–water partition coefficient (Wildman–Crippen LogP) is 8.55. The smallest absolute Gasteiger partial charge is 0.353 e. The Morgan fingerprint density at radius 3 is 2.00 bits per heavy atom. The molecule has 11 heteroatoms. The first kappa shape index (κ1) is 35.9. The summed E-state index contributed by atoms with van der Waals surface area (Å²) in [5, 5.41) is 0. The lowest BCUT2D eigenvalue weighted by Gasteiger charge is -2.19. The van der Waals surface area contributed by atoms with Gasteiger partial charge in [0.25, 0.3) is 0 Å². The van der Waals surface area contributed by atoms with Crippen molar-refractivity contribution in [1.29, 1.82) is 0 Å². The van der Waals surface area contributed by atoms with Gasteiger partial charge in [-0.25, -0.2) is 15.0 Å². The topological polar surface area (TPSA) is 125 Å². The van der Waals surface area contributed by atoms with Crippen molar-refractivity contribution < 1.29 is 18.7 Å². The molecule has 3 N–H and O–H groups in total. The van der Waals surface area contributed by atoms with Crippen molar-refractivity contribution in [2.24, 2.45) is 0 Å². The second-order valence-corrected chi connectivity index (χ2v) is 19.8. The molecule has 2 atom stereocenters. The molecule has 0 aliphatic carbocycles. The van der Waals surface area contributed by atoms with E-state index in [0.29, 0.717) is 23.5 Å². The molecule has 2 aromatic heterocycles. The molecule has 0 bridgehead atoms. The molecule has 236 valence electrons. The largest absolute Gasteiger partial charge is 0.382 e. The van der Waals surface area contributed by atoms with Crippen LogP contribution >= 0.6 is 7.60 Å². The molecular formula is C30H58N5O4PSi. The number of hydrogen-bond acceptors (Lipinski definition) is 7. The fourth-order valence-corrected chi connectivity index (χ4v) is 7.50. The third kappa shape index (κ3) is 15.6. The van der Waals surface area contributed by atoms with E-state index in [1.54, 1.807) is 10.9 Å². The SMILES string of the molecule is CC[Si](C)(C)CCCCCCCCCCCCCCCCCOP(=O)(O)CO[C@H](C)Cn1cnc2c(N)ncnc21. The Hall–Kier alpha value is -1.32. The number of hydrogen-bond donors (Lipinski definition) is 2. The van der Waals surface area contributed by atoms with Crippen LogP contribution in [-0.2, 0) is 20.4 Å². The fraction of sp³-hybridized carbons (Fsp3) is 0.833. The van der Waals surface area contributed by atoms with E-state index in [1.807, 2.05) is 6.92 Å². The number of nitrogen functional groups attached to an aromatic ring is 1. The highest BCUT2D eigenvalue weighted by Crippen LogP contribution is 2.42. The van der Waals surface area contributed by atoms with E-state index in [9.17, 15) is 9.46 Å². The van der Waals surface area contributed by atoms with E-state index >= 15 is 0 Å². The molecule has 0 saturated heterocycles. The molecule has 0 saturated carbocycles. The van der Waals surface area contributed by atoms with Gasteiger partial charge in [0.05, 0.1) is 25.6 Å². The van der Waals surface area contributed by atoms with Gasteiger partial charge in [-0.2, -0.15) is 0 Å². The van der Waals surface area contributed by atoms with E-state index < -0.39 is 15.7 Å². The van der Waals surface area contributed by atoms with Crippen LogP contribution in [0.2, 0.25) is 25.2 Å². The van der Waals surface area contributed by atoms with Gasteiger partial charge < -0.3 is 24.5 Å². The van der Waals surface area contributed by atoms with Crippen molar-refractivity contribution in [3.05, 3.63) is 12.7 Å². The zero-order valence-electron chi connectivity index (χ0n) is 26.4. The van der Waals surface area contributed by atoms with Crippen LogP contribution in [0.5, 0.6) is 0 Å². The number of fused-ring (bicyclic) bond motifs is 1. The zero-order chi connectivity index (χ0) is 30.0. The molecule has 0 spiro atoms. The number of anilines is 1. The maximum Gasteiger partial charge on any atom is 0.353 e. The summed E-state index contributed by atoms with van der Waals surface area (Å²) in [6, 6.07) is 2.94. The van der Waals surface area contributed by atoms with E-state index in [4.69, 9.17) is 15.0 Å². The summed E-state index contributed by atoms with van der Waals surface area (Å²) in [5.41, 5.74) is 6.96. The van der Waals surface area contributed by atoms with Gasteiger partial charge in [0, 0.05) is 8.07 Å². The van der Waals surface area contributed by atoms with Crippen LogP contribution < -0.4 is 5.73 Å². The average Bonchev–Trinajstić information content (AvgIpc) is 3.35. The quantitative estimate of drug-likeness (QED) is 0.0650. The van der Waals surface area contributed by atoms with Gasteiger partial charge in [-0.15, -0.1) is 0 Å². The number of nitrogens with two attached hydrogens (primary N) is 1. The summed E-state index contributed by atoms with van der Waals surface area (Å²) in [4.78, 5) is 22.5. The average molecular weight is 612 g/mol. The molecule has 9 nitrogen and oxygen atoms in total. The van der Waals surface area contributed by atoms with Gasteiger partial charge in [-0.3, -0.25) is 4.57 Å². The maximum absolute atomic E-state index is 12.3. The van der Waals surface area contributed by atoms with Gasteiger partial charge in [-0.1, -0.05) is 122 Å². The molecule has 0 aliphatic heterocycles. The third-order valence-corrected chi connectivity index (χ3v) is 12.8. The van der Waals surface area contributed by atoms with Crippen LogP contribution in [0, 0.1) is 0 Å². The number of rotatable bonds is 25. The molecule has 41 heavy (non-hydrogen) atoms. The highest BCUT2D eigenvalue weighted by Gasteiger charge is 2.21. The Labute approximate surface area is 250 Å². The third-order valence-electron chi connectivity index (χ3n) is 8.15. The van der Waals surface area contributed by atoms with E-state index in [-0.39, 0.29) is 19.1 Å². The van der Waals surface area contributed by atoms with Crippen molar-refractivity contribution in [2.45, 2.75) is 148 Å². The van der Waals surface area contributed by atoms with E-state index in [2.05, 4.69) is 35.0 Å². The van der Waals surface area contributed by atoms with Crippen molar-refractivity contribution in [2.75, 3.05) is 18.7 Å². The van der Waals surface area contributed by atoms with Crippen LogP contribution in [0.25, 0.3) is 11.2 Å². The molecule has 0 aliphatic rings. The maximum atomic E-state index is 12.3. The summed E-state index contributed by atoms with van der Waals surface area (Å²) in [6.45, 7) is 9.96. The minimum absolute atomic E-state index is 0.284. The van der Waals surface area contributed by atoms with E-state index in [0.717, 1.165) is 19.3 Å². The van der Waals surface area contributed by atoms with Gasteiger partial charge in [-0.05, 0) is 13.3 Å². The van der Waals surface area contributed by atoms with Crippen molar-refractivity contribution >= 4 is 32.7 Å². The summed E-state index contributed by atoms with van der Waals surface area (Å²) in [5.74, 6) is 0.320. The summed E-state index contributed by atoms with van der Waals surface area (Å²) in [6.07, 6.45) is 21.8. The molecule has 0 fully saturated rings. The monoisotopic (exact) mass is 611 g/mol. The van der Waals surface area contributed by atoms with Crippen LogP contribution in [0.3, 0.4) is 0 Å². The van der Waals surface area contributed by atoms with Gasteiger partial charge in [0.1, 0.15) is 18.2 Å². The number of nitrogens with zero attached hydrogens (tertiary/aromatic N) is 4. The molecular weight excluding hydrogens is 553 g/mol. The first-order chi connectivity index (χ1) is 19.6.